The summed E-state index contributed by atoms with van der Waals surface area (Å²) in [5, 5.41) is 10.6. The summed E-state index contributed by atoms with van der Waals surface area (Å²) in [5.41, 5.74) is 1.28. The standard InChI is InChI=1S/C16H26O3/c1-15(2,3)12-7-9-13(10-8-12)16(4,17)11-14(18-5)19-6/h7-10,14,17H,11H2,1-6H3. The van der Waals surface area contributed by atoms with Crippen molar-refractivity contribution in [3.63, 3.8) is 0 Å². The molecule has 19 heavy (non-hydrogen) atoms. The van der Waals surface area contributed by atoms with Gasteiger partial charge in [-0.15, -0.1) is 0 Å². The predicted octanol–water partition coefficient (Wildman–Crippen LogP) is 3.20. The fourth-order valence-electron chi connectivity index (χ4n) is 2.03. The molecule has 1 rings (SSSR count). The quantitative estimate of drug-likeness (QED) is 0.832. The molecule has 0 saturated heterocycles. The largest absolute Gasteiger partial charge is 0.385 e. The van der Waals surface area contributed by atoms with E-state index in [1.165, 1.54) is 5.56 Å². The number of ether oxygens (including phenoxy) is 2. The number of methoxy groups -OCH3 is 2. The van der Waals surface area contributed by atoms with Gasteiger partial charge in [0.25, 0.3) is 0 Å². The molecular formula is C16H26O3. The number of hydrogen-bond acceptors (Lipinski definition) is 3. The molecule has 0 heterocycles. The van der Waals surface area contributed by atoms with E-state index in [9.17, 15) is 5.11 Å². The minimum atomic E-state index is -0.965. The van der Waals surface area contributed by atoms with E-state index in [4.69, 9.17) is 9.47 Å². The van der Waals surface area contributed by atoms with Crippen LogP contribution >= 0.6 is 0 Å². The number of rotatable bonds is 5. The first-order valence-electron chi connectivity index (χ1n) is 6.59. The highest BCUT2D eigenvalue weighted by molar-refractivity contribution is 5.30. The van der Waals surface area contributed by atoms with Gasteiger partial charge in [0.1, 0.15) is 0 Å². The Balaban J connectivity index is 2.90. The summed E-state index contributed by atoms with van der Waals surface area (Å²) in [4.78, 5) is 0. The first kappa shape index (κ1) is 16.2. The molecule has 1 aromatic rings. The Morgan fingerprint density at radius 1 is 0.947 bits per heavy atom. The number of hydrogen-bond donors (Lipinski definition) is 1. The van der Waals surface area contributed by atoms with Crippen LogP contribution in [0, 0.1) is 0 Å². The van der Waals surface area contributed by atoms with E-state index < -0.39 is 11.9 Å². The molecule has 0 bridgehead atoms. The van der Waals surface area contributed by atoms with Gasteiger partial charge >= 0.3 is 0 Å². The molecule has 1 N–H and O–H groups in total. The van der Waals surface area contributed by atoms with Crippen molar-refractivity contribution in [3.05, 3.63) is 35.4 Å². The van der Waals surface area contributed by atoms with E-state index in [2.05, 4.69) is 32.9 Å². The Kier molecular flexibility index (Phi) is 5.13. The molecule has 0 amide bonds. The molecule has 0 aliphatic rings. The zero-order valence-corrected chi connectivity index (χ0v) is 12.9. The van der Waals surface area contributed by atoms with E-state index in [0.29, 0.717) is 6.42 Å². The monoisotopic (exact) mass is 266 g/mol. The van der Waals surface area contributed by atoms with Crippen LogP contribution in [0.5, 0.6) is 0 Å². The van der Waals surface area contributed by atoms with Crippen molar-refractivity contribution in [2.24, 2.45) is 0 Å². The molecule has 1 aromatic carbocycles. The van der Waals surface area contributed by atoms with E-state index in [0.717, 1.165) is 5.56 Å². The highest BCUT2D eigenvalue weighted by atomic mass is 16.7. The third kappa shape index (κ3) is 4.30. The number of aliphatic hydroxyl groups is 1. The van der Waals surface area contributed by atoms with Crippen LogP contribution in [0.4, 0.5) is 0 Å². The Labute approximate surface area is 116 Å². The average molecular weight is 266 g/mol. The SMILES string of the molecule is COC(CC(C)(O)c1ccc(C(C)(C)C)cc1)OC. The van der Waals surface area contributed by atoms with Crippen molar-refractivity contribution in [3.8, 4) is 0 Å². The smallest absolute Gasteiger partial charge is 0.159 e. The molecule has 0 aliphatic heterocycles. The van der Waals surface area contributed by atoms with Crippen LogP contribution in [-0.2, 0) is 20.5 Å². The lowest BCUT2D eigenvalue weighted by Crippen LogP contribution is -2.29. The lowest BCUT2D eigenvalue weighted by Gasteiger charge is -2.28. The topological polar surface area (TPSA) is 38.7 Å². The van der Waals surface area contributed by atoms with Gasteiger partial charge in [0, 0.05) is 20.6 Å². The van der Waals surface area contributed by atoms with Crippen molar-refractivity contribution in [2.45, 2.75) is 51.4 Å². The maximum Gasteiger partial charge on any atom is 0.159 e. The van der Waals surface area contributed by atoms with Gasteiger partial charge in [0.15, 0.2) is 6.29 Å². The van der Waals surface area contributed by atoms with Crippen LogP contribution in [0.2, 0.25) is 0 Å². The summed E-state index contributed by atoms with van der Waals surface area (Å²) in [6, 6.07) is 8.09. The van der Waals surface area contributed by atoms with Crippen molar-refractivity contribution in [1.82, 2.24) is 0 Å². The minimum Gasteiger partial charge on any atom is -0.385 e. The Morgan fingerprint density at radius 3 is 1.74 bits per heavy atom. The molecule has 0 radical (unpaired) electrons. The highest BCUT2D eigenvalue weighted by Gasteiger charge is 2.28. The van der Waals surface area contributed by atoms with Crippen molar-refractivity contribution < 1.29 is 14.6 Å². The van der Waals surface area contributed by atoms with Crippen LogP contribution in [0.15, 0.2) is 24.3 Å². The van der Waals surface area contributed by atoms with Gasteiger partial charge in [0.05, 0.1) is 5.60 Å². The van der Waals surface area contributed by atoms with Crippen LogP contribution in [-0.4, -0.2) is 25.6 Å². The molecule has 0 fully saturated rings. The Bertz CT molecular complexity index is 383. The van der Waals surface area contributed by atoms with Gasteiger partial charge in [0.2, 0.25) is 0 Å². The van der Waals surface area contributed by atoms with Crippen LogP contribution in [0.3, 0.4) is 0 Å². The first-order valence-corrected chi connectivity index (χ1v) is 6.59. The van der Waals surface area contributed by atoms with Gasteiger partial charge in [-0.1, -0.05) is 45.0 Å². The summed E-state index contributed by atoms with van der Waals surface area (Å²) in [6.45, 7) is 8.30. The fourth-order valence-corrected chi connectivity index (χ4v) is 2.03. The third-order valence-corrected chi connectivity index (χ3v) is 3.46. The van der Waals surface area contributed by atoms with Crippen LogP contribution in [0.25, 0.3) is 0 Å². The highest BCUT2D eigenvalue weighted by Crippen LogP contribution is 2.29. The summed E-state index contributed by atoms with van der Waals surface area (Å²) in [7, 11) is 3.15. The van der Waals surface area contributed by atoms with Crippen molar-refractivity contribution in [1.29, 1.82) is 0 Å². The second kappa shape index (κ2) is 6.04. The number of benzene rings is 1. The Hall–Kier alpha value is -0.900. The Morgan fingerprint density at radius 2 is 1.37 bits per heavy atom. The molecule has 1 atom stereocenters. The van der Waals surface area contributed by atoms with Crippen molar-refractivity contribution in [2.75, 3.05) is 14.2 Å². The predicted molar refractivity (Wildman–Crippen MR) is 77.1 cm³/mol. The maximum absolute atomic E-state index is 10.6. The van der Waals surface area contributed by atoms with Gasteiger partial charge in [-0.05, 0) is 23.5 Å². The second-order valence-corrected chi connectivity index (χ2v) is 6.21. The van der Waals surface area contributed by atoms with Crippen LogP contribution in [0.1, 0.15) is 45.2 Å². The van der Waals surface area contributed by atoms with E-state index in [1.807, 2.05) is 12.1 Å². The molecular weight excluding hydrogens is 240 g/mol. The molecule has 3 nitrogen and oxygen atoms in total. The molecule has 1 unspecified atom stereocenters. The van der Waals surface area contributed by atoms with Crippen molar-refractivity contribution >= 4 is 0 Å². The third-order valence-electron chi connectivity index (χ3n) is 3.46. The molecule has 0 saturated carbocycles. The molecule has 0 aromatic heterocycles. The lowest BCUT2D eigenvalue weighted by molar-refractivity contribution is -0.142. The average Bonchev–Trinajstić information content (AvgIpc) is 2.35. The summed E-state index contributed by atoms with van der Waals surface area (Å²) in [6.07, 6.45) is -0.00760. The van der Waals surface area contributed by atoms with Gasteiger partial charge in [-0.3, -0.25) is 0 Å². The lowest BCUT2D eigenvalue weighted by atomic mass is 9.84. The molecule has 0 aliphatic carbocycles. The van der Waals surface area contributed by atoms with Gasteiger partial charge in [-0.25, -0.2) is 0 Å². The summed E-state index contributed by atoms with van der Waals surface area (Å²) >= 11 is 0. The molecule has 108 valence electrons. The summed E-state index contributed by atoms with van der Waals surface area (Å²) < 4.78 is 10.3. The summed E-state index contributed by atoms with van der Waals surface area (Å²) in [5.74, 6) is 0. The van der Waals surface area contributed by atoms with E-state index >= 15 is 0 Å². The normalized spacial score (nSPS) is 15.6. The van der Waals surface area contributed by atoms with E-state index in [1.54, 1.807) is 21.1 Å². The maximum atomic E-state index is 10.6. The molecule has 0 spiro atoms. The zero-order valence-electron chi connectivity index (χ0n) is 12.9. The first-order chi connectivity index (χ1) is 8.70. The second-order valence-electron chi connectivity index (χ2n) is 6.21. The minimum absolute atomic E-state index is 0.117. The van der Waals surface area contributed by atoms with E-state index in [-0.39, 0.29) is 5.41 Å². The molecule has 3 heteroatoms. The zero-order chi connectivity index (χ0) is 14.7. The fraction of sp³-hybridized carbons (Fsp3) is 0.625. The van der Waals surface area contributed by atoms with Crippen LogP contribution < -0.4 is 0 Å². The van der Waals surface area contributed by atoms with Gasteiger partial charge < -0.3 is 14.6 Å². The van der Waals surface area contributed by atoms with Gasteiger partial charge in [-0.2, -0.15) is 0 Å².